The smallest absolute Gasteiger partial charge is 0.203 e. The van der Waals surface area contributed by atoms with Crippen molar-refractivity contribution in [1.82, 2.24) is 0 Å². The van der Waals surface area contributed by atoms with Gasteiger partial charge in [-0.25, -0.2) is 0 Å². The van der Waals surface area contributed by atoms with Gasteiger partial charge in [0.25, 0.3) is 0 Å². The molecule has 4 rings (SSSR count). The minimum atomic E-state index is -0.943. The van der Waals surface area contributed by atoms with Crippen LogP contribution in [0.3, 0.4) is 0 Å². The molecule has 1 heterocycles. The monoisotopic (exact) mass is 340 g/mol. The van der Waals surface area contributed by atoms with E-state index < -0.39 is 5.79 Å². The van der Waals surface area contributed by atoms with Gasteiger partial charge in [0.15, 0.2) is 5.78 Å². The maximum Gasteiger partial charge on any atom is 0.203 e. The van der Waals surface area contributed by atoms with E-state index in [1.54, 1.807) is 14.2 Å². The van der Waals surface area contributed by atoms with Crippen molar-refractivity contribution in [2.45, 2.75) is 18.1 Å². The number of methoxy groups -OCH3 is 2. The SMILES string of the molecule is COc1cc(OC)cc([C@H]2CC(=O)c3ccccc3C23OCCO3)c1. The van der Waals surface area contributed by atoms with E-state index >= 15 is 0 Å². The summed E-state index contributed by atoms with van der Waals surface area (Å²) in [6.45, 7) is 1.00. The third-order valence-corrected chi connectivity index (χ3v) is 4.94. The van der Waals surface area contributed by atoms with E-state index in [2.05, 4.69) is 0 Å². The summed E-state index contributed by atoms with van der Waals surface area (Å²) in [7, 11) is 3.22. The first kappa shape index (κ1) is 16.1. The van der Waals surface area contributed by atoms with Crippen molar-refractivity contribution in [3.8, 4) is 11.5 Å². The molecule has 0 aromatic heterocycles. The lowest BCUT2D eigenvalue weighted by Crippen LogP contribution is -2.41. The maximum atomic E-state index is 12.7. The average molecular weight is 340 g/mol. The summed E-state index contributed by atoms with van der Waals surface area (Å²) in [5, 5.41) is 0. The molecule has 1 spiro atoms. The van der Waals surface area contributed by atoms with Crippen LogP contribution in [0.2, 0.25) is 0 Å². The summed E-state index contributed by atoms with van der Waals surface area (Å²) in [6, 6.07) is 13.2. The van der Waals surface area contributed by atoms with E-state index in [4.69, 9.17) is 18.9 Å². The van der Waals surface area contributed by atoms with Gasteiger partial charge >= 0.3 is 0 Å². The predicted octanol–water partition coefficient (Wildman–Crippen LogP) is 3.27. The lowest BCUT2D eigenvalue weighted by molar-refractivity contribution is -0.186. The second-order valence-electron chi connectivity index (χ2n) is 6.24. The molecule has 2 aromatic carbocycles. The van der Waals surface area contributed by atoms with Crippen molar-refractivity contribution < 1.29 is 23.7 Å². The number of ketones is 1. The molecule has 2 aromatic rings. The normalized spacial score (nSPS) is 21.2. The lowest BCUT2D eigenvalue weighted by Gasteiger charge is -2.40. The standard InChI is InChI=1S/C20H20O5/c1-22-14-9-13(10-15(11-14)23-2)18-12-19(21)16-5-3-4-6-17(16)20(18)24-7-8-25-20/h3-6,9-11,18H,7-8,12H2,1-2H3/t18-/m1/s1. The van der Waals surface area contributed by atoms with E-state index in [0.717, 1.165) is 11.1 Å². The Bertz CT molecular complexity index is 785. The molecule has 1 fully saturated rings. The van der Waals surface area contributed by atoms with Crippen LogP contribution in [0.25, 0.3) is 0 Å². The Labute approximate surface area is 146 Å². The molecule has 2 aliphatic rings. The van der Waals surface area contributed by atoms with Crippen molar-refractivity contribution in [1.29, 1.82) is 0 Å². The van der Waals surface area contributed by atoms with Crippen LogP contribution in [0.1, 0.15) is 33.8 Å². The molecule has 1 saturated heterocycles. The minimum Gasteiger partial charge on any atom is -0.497 e. The van der Waals surface area contributed by atoms with Crippen LogP contribution in [0, 0.1) is 0 Å². The topological polar surface area (TPSA) is 54.0 Å². The van der Waals surface area contributed by atoms with E-state index in [9.17, 15) is 4.79 Å². The van der Waals surface area contributed by atoms with Crippen LogP contribution in [0.4, 0.5) is 0 Å². The summed E-state index contributed by atoms with van der Waals surface area (Å²) in [4.78, 5) is 12.7. The molecule has 1 atom stereocenters. The van der Waals surface area contributed by atoms with E-state index in [1.807, 2.05) is 42.5 Å². The van der Waals surface area contributed by atoms with Gasteiger partial charge in [-0.3, -0.25) is 4.79 Å². The third-order valence-electron chi connectivity index (χ3n) is 4.94. The average Bonchev–Trinajstić information content (AvgIpc) is 3.15. The zero-order valence-corrected chi connectivity index (χ0v) is 14.3. The second-order valence-corrected chi connectivity index (χ2v) is 6.24. The number of hydrogen-bond donors (Lipinski definition) is 0. The van der Waals surface area contributed by atoms with Crippen molar-refractivity contribution in [3.63, 3.8) is 0 Å². The highest BCUT2D eigenvalue weighted by Crippen LogP contribution is 2.51. The van der Waals surface area contributed by atoms with Crippen LogP contribution in [-0.4, -0.2) is 33.2 Å². The fourth-order valence-electron chi connectivity index (χ4n) is 3.80. The highest BCUT2D eigenvalue weighted by atomic mass is 16.7. The molecule has 0 N–H and O–H groups in total. The van der Waals surface area contributed by atoms with Crippen molar-refractivity contribution >= 4 is 5.78 Å². The zero-order valence-electron chi connectivity index (χ0n) is 14.3. The van der Waals surface area contributed by atoms with Crippen LogP contribution in [-0.2, 0) is 15.3 Å². The van der Waals surface area contributed by atoms with Gasteiger partial charge in [0.1, 0.15) is 11.5 Å². The summed E-state index contributed by atoms with van der Waals surface area (Å²) in [5.41, 5.74) is 2.38. The molecule has 1 aliphatic heterocycles. The fourth-order valence-corrected chi connectivity index (χ4v) is 3.80. The van der Waals surface area contributed by atoms with E-state index in [1.165, 1.54) is 0 Å². The van der Waals surface area contributed by atoms with Crippen LogP contribution < -0.4 is 9.47 Å². The maximum absolute atomic E-state index is 12.7. The number of Topliss-reactive ketones (excluding diaryl/α,β-unsaturated/α-hetero) is 1. The molecular weight excluding hydrogens is 320 g/mol. The molecule has 0 amide bonds. The van der Waals surface area contributed by atoms with Gasteiger partial charge in [0, 0.05) is 23.6 Å². The number of rotatable bonds is 3. The first-order valence-electron chi connectivity index (χ1n) is 8.31. The van der Waals surface area contributed by atoms with E-state index in [-0.39, 0.29) is 11.7 Å². The highest BCUT2D eigenvalue weighted by molar-refractivity contribution is 5.99. The van der Waals surface area contributed by atoms with Gasteiger partial charge < -0.3 is 18.9 Å². The molecule has 130 valence electrons. The molecule has 0 radical (unpaired) electrons. The Morgan fingerprint density at radius 2 is 1.64 bits per heavy atom. The van der Waals surface area contributed by atoms with Crippen molar-refractivity contribution in [2.75, 3.05) is 27.4 Å². The Morgan fingerprint density at radius 3 is 2.28 bits per heavy atom. The number of fused-ring (bicyclic) bond motifs is 2. The van der Waals surface area contributed by atoms with Gasteiger partial charge in [-0.05, 0) is 17.7 Å². The first-order chi connectivity index (χ1) is 12.2. The molecule has 5 heteroatoms. The predicted molar refractivity (Wildman–Crippen MR) is 91.3 cm³/mol. The Kier molecular flexibility index (Phi) is 3.98. The van der Waals surface area contributed by atoms with Gasteiger partial charge in [0.05, 0.1) is 33.4 Å². The zero-order chi connectivity index (χ0) is 17.4. The number of carbonyl (C=O) groups excluding carboxylic acids is 1. The molecule has 0 unspecified atom stereocenters. The molecule has 1 aliphatic carbocycles. The molecule has 0 saturated carbocycles. The Balaban J connectivity index is 1.89. The second kappa shape index (κ2) is 6.17. The van der Waals surface area contributed by atoms with Gasteiger partial charge in [-0.1, -0.05) is 24.3 Å². The van der Waals surface area contributed by atoms with Crippen molar-refractivity contribution in [2.24, 2.45) is 0 Å². The molecule has 25 heavy (non-hydrogen) atoms. The first-order valence-corrected chi connectivity index (χ1v) is 8.31. The summed E-state index contributed by atoms with van der Waals surface area (Å²) in [6.07, 6.45) is 0.313. The molecular formula is C20H20O5. The minimum absolute atomic E-state index is 0.0899. The van der Waals surface area contributed by atoms with Crippen LogP contribution >= 0.6 is 0 Å². The fraction of sp³-hybridized carbons (Fsp3) is 0.350. The van der Waals surface area contributed by atoms with Gasteiger partial charge in [0.2, 0.25) is 5.79 Å². The van der Waals surface area contributed by atoms with Crippen LogP contribution in [0.5, 0.6) is 11.5 Å². The number of ether oxygens (including phenoxy) is 4. The Morgan fingerprint density at radius 1 is 1.00 bits per heavy atom. The summed E-state index contributed by atoms with van der Waals surface area (Å²) >= 11 is 0. The summed E-state index contributed by atoms with van der Waals surface area (Å²) in [5.74, 6) is 0.234. The Hall–Kier alpha value is -2.37. The highest BCUT2D eigenvalue weighted by Gasteiger charge is 2.52. The third kappa shape index (κ3) is 2.51. The van der Waals surface area contributed by atoms with Gasteiger partial charge in [-0.15, -0.1) is 0 Å². The number of benzene rings is 2. The molecule has 5 nitrogen and oxygen atoms in total. The number of hydrogen-bond acceptors (Lipinski definition) is 5. The number of carbonyl (C=O) groups is 1. The largest absolute Gasteiger partial charge is 0.497 e. The van der Waals surface area contributed by atoms with Crippen LogP contribution in [0.15, 0.2) is 42.5 Å². The van der Waals surface area contributed by atoms with E-state index in [0.29, 0.717) is 36.7 Å². The summed E-state index contributed by atoms with van der Waals surface area (Å²) < 4.78 is 23.0. The van der Waals surface area contributed by atoms with Gasteiger partial charge in [-0.2, -0.15) is 0 Å². The van der Waals surface area contributed by atoms with Crippen molar-refractivity contribution in [3.05, 3.63) is 59.2 Å². The molecule has 0 bridgehead atoms. The quantitative estimate of drug-likeness (QED) is 0.858. The lowest BCUT2D eigenvalue weighted by atomic mass is 9.74.